The second-order valence-corrected chi connectivity index (χ2v) is 7.52. The number of rotatable bonds is 8. The van der Waals surface area contributed by atoms with Crippen molar-refractivity contribution in [2.75, 3.05) is 11.9 Å². The van der Waals surface area contributed by atoms with E-state index in [2.05, 4.69) is 9.97 Å². The van der Waals surface area contributed by atoms with E-state index in [1.54, 1.807) is 80.1 Å². The predicted molar refractivity (Wildman–Crippen MR) is 126 cm³/mol. The maximum atomic E-state index is 13.9. The summed E-state index contributed by atoms with van der Waals surface area (Å²) in [5.74, 6) is -0.413. The lowest BCUT2D eigenvalue weighted by molar-refractivity contribution is -0.385. The van der Waals surface area contributed by atoms with E-state index < -0.39 is 16.9 Å². The molecule has 0 aliphatic carbocycles. The standard InChI is InChI=1S/C26H22N4O3/c1-29(23-16-8-10-18-28-23)25(20-13-5-6-15-22(20)30(32)33)24(21-14-7-9-17-27-21)26(31)19-11-3-2-4-12-19/h2-18,24-25H,1H3. The summed E-state index contributed by atoms with van der Waals surface area (Å²) in [4.78, 5) is 36.2. The van der Waals surface area contributed by atoms with Gasteiger partial charge in [-0.1, -0.05) is 60.7 Å². The minimum absolute atomic E-state index is 0.0629. The van der Waals surface area contributed by atoms with E-state index in [0.717, 1.165) is 0 Å². The van der Waals surface area contributed by atoms with Crippen molar-refractivity contribution in [2.24, 2.45) is 0 Å². The molecule has 2 atom stereocenters. The Morgan fingerprint density at radius 3 is 2.12 bits per heavy atom. The maximum absolute atomic E-state index is 13.9. The molecule has 7 heteroatoms. The van der Waals surface area contributed by atoms with Crippen molar-refractivity contribution < 1.29 is 9.72 Å². The number of pyridine rings is 2. The highest BCUT2D eigenvalue weighted by Crippen LogP contribution is 2.42. The molecule has 33 heavy (non-hydrogen) atoms. The Bertz CT molecular complexity index is 1230. The lowest BCUT2D eigenvalue weighted by Crippen LogP contribution is -2.35. The number of Topliss-reactive ketones (excluding diaryl/α,β-unsaturated/α-hetero) is 1. The van der Waals surface area contributed by atoms with E-state index in [-0.39, 0.29) is 11.5 Å². The smallest absolute Gasteiger partial charge is 0.274 e. The maximum Gasteiger partial charge on any atom is 0.274 e. The Balaban J connectivity index is 1.96. The van der Waals surface area contributed by atoms with Crippen molar-refractivity contribution in [2.45, 2.75) is 12.0 Å². The number of para-hydroxylation sites is 1. The highest BCUT2D eigenvalue weighted by atomic mass is 16.6. The van der Waals surface area contributed by atoms with Crippen molar-refractivity contribution >= 4 is 17.3 Å². The topological polar surface area (TPSA) is 89.2 Å². The number of carbonyl (C=O) groups excluding carboxylic acids is 1. The monoisotopic (exact) mass is 438 g/mol. The van der Waals surface area contributed by atoms with Crippen LogP contribution in [0.5, 0.6) is 0 Å². The number of benzene rings is 2. The number of ketones is 1. The van der Waals surface area contributed by atoms with Crippen molar-refractivity contribution in [3.63, 3.8) is 0 Å². The van der Waals surface area contributed by atoms with Gasteiger partial charge in [-0.15, -0.1) is 0 Å². The number of carbonyl (C=O) groups is 1. The van der Waals surface area contributed by atoms with Crippen LogP contribution in [0.25, 0.3) is 0 Å². The second-order valence-electron chi connectivity index (χ2n) is 7.52. The quantitative estimate of drug-likeness (QED) is 0.213. The lowest BCUT2D eigenvalue weighted by Gasteiger charge is -2.34. The van der Waals surface area contributed by atoms with Crippen molar-refractivity contribution in [1.29, 1.82) is 0 Å². The summed E-state index contributed by atoms with van der Waals surface area (Å²) in [7, 11) is 1.79. The van der Waals surface area contributed by atoms with Gasteiger partial charge in [-0.05, 0) is 24.3 Å². The molecule has 0 bridgehead atoms. The van der Waals surface area contributed by atoms with Crippen molar-refractivity contribution in [1.82, 2.24) is 9.97 Å². The van der Waals surface area contributed by atoms with Crippen LogP contribution in [-0.4, -0.2) is 27.7 Å². The first-order chi connectivity index (χ1) is 16.1. The molecule has 4 rings (SSSR count). The van der Waals surface area contributed by atoms with E-state index in [9.17, 15) is 14.9 Å². The Kier molecular flexibility index (Phi) is 6.50. The Hall–Kier alpha value is -4.39. The van der Waals surface area contributed by atoms with Gasteiger partial charge in [-0.2, -0.15) is 0 Å². The van der Waals surface area contributed by atoms with Crippen LogP contribution in [0.3, 0.4) is 0 Å². The molecule has 2 aromatic carbocycles. The number of hydrogen-bond donors (Lipinski definition) is 0. The van der Waals surface area contributed by atoms with Crippen LogP contribution < -0.4 is 4.90 Å². The second kappa shape index (κ2) is 9.82. The van der Waals surface area contributed by atoms with Crippen LogP contribution in [0.2, 0.25) is 0 Å². The van der Waals surface area contributed by atoms with E-state index >= 15 is 0 Å². The molecule has 4 aromatic rings. The number of nitrogens with zero attached hydrogens (tertiary/aromatic N) is 4. The van der Waals surface area contributed by atoms with Crippen LogP contribution in [0.1, 0.15) is 33.6 Å². The van der Waals surface area contributed by atoms with Gasteiger partial charge < -0.3 is 4.90 Å². The molecule has 0 fully saturated rings. The zero-order valence-electron chi connectivity index (χ0n) is 18.0. The van der Waals surface area contributed by atoms with E-state index in [1.807, 2.05) is 29.2 Å². The van der Waals surface area contributed by atoms with Crippen LogP contribution in [0.15, 0.2) is 103 Å². The van der Waals surface area contributed by atoms with Gasteiger partial charge >= 0.3 is 0 Å². The van der Waals surface area contributed by atoms with E-state index in [1.165, 1.54) is 6.07 Å². The summed E-state index contributed by atoms with van der Waals surface area (Å²) < 4.78 is 0. The predicted octanol–water partition coefficient (Wildman–Crippen LogP) is 5.23. The summed E-state index contributed by atoms with van der Waals surface area (Å²) in [5.41, 5.74) is 1.38. The molecule has 0 saturated carbocycles. The van der Waals surface area contributed by atoms with Gasteiger partial charge in [0, 0.05) is 31.1 Å². The molecule has 164 valence electrons. The van der Waals surface area contributed by atoms with Crippen LogP contribution in [0.4, 0.5) is 11.5 Å². The molecule has 0 radical (unpaired) electrons. The fraction of sp³-hybridized carbons (Fsp3) is 0.115. The van der Waals surface area contributed by atoms with Gasteiger partial charge in [0.1, 0.15) is 5.82 Å². The molecule has 2 aromatic heterocycles. The third-order valence-corrected chi connectivity index (χ3v) is 5.54. The molecule has 2 unspecified atom stereocenters. The zero-order chi connectivity index (χ0) is 23.2. The molecule has 0 aliphatic rings. The molecule has 0 aliphatic heterocycles. The minimum Gasteiger partial charge on any atom is -0.351 e. The SMILES string of the molecule is CN(c1ccccn1)C(c1ccccc1[N+](=O)[O-])C(C(=O)c1ccccc1)c1ccccn1. The molecular formula is C26H22N4O3. The van der Waals surface area contributed by atoms with Gasteiger partial charge in [-0.25, -0.2) is 4.98 Å². The number of nitro benzene ring substituents is 1. The summed E-state index contributed by atoms with van der Waals surface area (Å²) in [6, 6.07) is 25.5. The van der Waals surface area contributed by atoms with Gasteiger partial charge in [0.25, 0.3) is 5.69 Å². The zero-order valence-corrected chi connectivity index (χ0v) is 18.0. The highest BCUT2D eigenvalue weighted by Gasteiger charge is 2.39. The fourth-order valence-electron chi connectivity index (χ4n) is 4.00. The summed E-state index contributed by atoms with van der Waals surface area (Å²) in [5, 5.41) is 12.0. The summed E-state index contributed by atoms with van der Waals surface area (Å²) in [6.07, 6.45) is 3.27. The van der Waals surface area contributed by atoms with E-state index in [0.29, 0.717) is 22.6 Å². The van der Waals surface area contributed by atoms with Crippen LogP contribution in [0, 0.1) is 10.1 Å². The largest absolute Gasteiger partial charge is 0.351 e. The van der Waals surface area contributed by atoms with Gasteiger partial charge in [-0.3, -0.25) is 19.9 Å². The molecule has 0 spiro atoms. The number of anilines is 1. The molecule has 0 N–H and O–H groups in total. The van der Waals surface area contributed by atoms with Crippen LogP contribution in [-0.2, 0) is 0 Å². The first-order valence-corrected chi connectivity index (χ1v) is 10.5. The molecule has 7 nitrogen and oxygen atoms in total. The number of likely N-dealkylation sites (N-methyl/N-ethyl adjacent to an activating group) is 1. The normalized spacial score (nSPS) is 12.5. The van der Waals surface area contributed by atoms with Gasteiger partial charge in [0.05, 0.1) is 28.1 Å². The molecule has 0 amide bonds. The van der Waals surface area contributed by atoms with Crippen LogP contribution >= 0.6 is 0 Å². The first kappa shape index (κ1) is 21.8. The van der Waals surface area contributed by atoms with Crippen molar-refractivity contribution in [3.8, 4) is 0 Å². The van der Waals surface area contributed by atoms with E-state index in [4.69, 9.17) is 0 Å². The Morgan fingerprint density at radius 2 is 1.48 bits per heavy atom. The Morgan fingerprint density at radius 1 is 0.848 bits per heavy atom. The van der Waals surface area contributed by atoms with Gasteiger partial charge in [0.2, 0.25) is 0 Å². The van der Waals surface area contributed by atoms with Gasteiger partial charge in [0.15, 0.2) is 5.78 Å². The third-order valence-electron chi connectivity index (χ3n) is 5.54. The molecule has 0 saturated heterocycles. The fourth-order valence-corrected chi connectivity index (χ4v) is 4.00. The summed E-state index contributed by atoms with van der Waals surface area (Å²) in [6.45, 7) is 0. The Labute approximate surface area is 191 Å². The average molecular weight is 438 g/mol. The third kappa shape index (κ3) is 4.62. The molecule has 2 heterocycles. The highest BCUT2D eigenvalue weighted by molar-refractivity contribution is 6.01. The number of nitro groups is 1. The first-order valence-electron chi connectivity index (χ1n) is 10.5. The molecular weight excluding hydrogens is 416 g/mol. The number of hydrogen-bond acceptors (Lipinski definition) is 6. The minimum atomic E-state index is -0.818. The number of aromatic nitrogens is 2. The summed E-state index contributed by atoms with van der Waals surface area (Å²) >= 11 is 0. The van der Waals surface area contributed by atoms with Crippen molar-refractivity contribution in [3.05, 3.63) is 130 Å². The lowest BCUT2D eigenvalue weighted by atomic mass is 9.82. The average Bonchev–Trinajstić information content (AvgIpc) is 2.88.